The Kier molecular flexibility index (Phi) is 2.60. The van der Waals surface area contributed by atoms with Gasteiger partial charge in [0.2, 0.25) is 0 Å². The first-order valence-electron chi connectivity index (χ1n) is 4.63. The number of carboxylic acid groups (broad SMARTS) is 1. The summed E-state index contributed by atoms with van der Waals surface area (Å²) in [5, 5.41) is 28.4. The van der Waals surface area contributed by atoms with Crippen molar-refractivity contribution in [3.63, 3.8) is 0 Å². The normalized spacial score (nSPS) is 48.9. The summed E-state index contributed by atoms with van der Waals surface area (Å²) >= 11 is 0. The molecule has 14 heavy (non-hydrogen) atoms. The third-order valence-corrected chi connectivity index (χ3v) is 3.28. The maximum atomic E-state index is 10.9. The number of aliphatic hydroxyl groups excluding tert-OH is 1. The molecule has 0 aliphatic heterocycles. The first kappa shape index (κ1) is 11.4. The van der Waals surface area contributed by atoms with Crippen LogP contribution in [0.4, 0.5) is 0 Å². The van der Waals surface area contributed by atoms with E-state index in [-0.39, 0.29) is 18.8 Å². The van der Waals surface area contributed by atoms with E-state index in [4.69, 9.17) is 10.8 Å². The van der Waals surface area contributed by atoms with E-state index in [1.807, 2.05) is 0 Å². The van der Waals surface area contributed by atoms with Gasteiger partial charge in [-0.05, 0) is 19.3 Å². The second kappa shape index (κ2) is 3.18. The fourth-order valence-corrected chi connectivity index (χ4v) is 1.90. The van der Waals surface area contributed by atoms with Gasteiger partial charge in [-0.1, -0.05) is 6.92 Å². The van der Waals surface area contributed by atoms with Crippen molar-refractivity contribution >= 4 is 5.97 Å². The molecule has 1 rings (SSSR count). The fourth-order valence-electron chi connectivity index (χ4n) is 1.90. The summed E-state index contributed by atoms with van der Waals surface area (Å²) in [4.78, 5) is 10.9. The predicted molar refractivity (Wildman–Crippen MR) is 49.6 cm³/mol. The minimum Gasteiger partial charge on any atom is -0.480 e. The molecule has 0 heterocycles. The van der Waals surface area contributed by atoms with E-state index in [1.54, 1.807) is 13.8 Å². The number of hydrogen-bond acceptors (Lipinski definition) is 4. The molecule has 1 aliphatic carbocycles. The number of rotatable bonds is 1. The third-order valence-electron chi connectivity index (χ3n) is 3.28. The lowest BCUT2D eigenvalue weighted by Crippen LogP contribution is -2.65. The lowest BCUT2D eigenvalue weighted by molar-refractivity contribution is -0.162. The van der Waals surface area contributed by atoms with Crippen molar-refractivity contribution in [1.82, 2.24) is 0 Å². The Morgan fingerprint density at radius 1 is 1.57 bits per heavy atom. The highest BCUT2D eigenvalue weighted by atomic mass is 16.4. The smallest absolute Gasteiger partial charge is 0.326 e. The van der Waals surface area contributed by atoms with E-state index in [0.29, 0.717) is 0 Å². The standard InChI is InChI=1S/C9H17NO4/c1-5-3-6(11)9(10,7(12)13)4-8(5,2)14/h5-6,11,14H,3-4,10H2,1-2H3,(H,12,13). The minimum atomic E-state index is -1.73. The molecule has 0 aromatic carbocycles. The molecule has 82 valence electrons. The van der Waals surface area contributed by atoms with Crippen molar-refractivity contribution in [3.8, 4) is 0 Å². The third kappa shape index (κ3) is 1.63. The molecule has 1 aliphatic rings. The molecule has 4 unspecified atom stereocenters. The van der Waals surface area contributed by atoms with Crippen LogP contribution < -0.4 is 5.73 Å². The van der Waals surface area contributed by atoms with Crippen LogP contribution in [0.25, 0.3) is 0 Å². The maximum absolute atomic E-state index is 10.9. The van der Waals surface area contributed by atoms with Crippen LogP contribution in [0.5, 0.6) is 0 Å². The molecule has 4 atom stereocenters. The number of carboxylic acids is 1. The topological polar surface area (TPSA) is 104 Å². The van der Waals surface area contributed by atoms with Crippen LogP contribution in [0, 0.1) is 5.92 Å². The Morgan fingerprint density at radius 2 is 2.07 bits per heavy atom. The van der Waals surface area contributed by atoms with E-state index in [1.165, 1.54) is 0 Å². The highest BCUT2D eigenvalue weighted by Crippen LogP contribution is 2.38. The van der Waals surface area contributed by atoms with Crippen molar-refractivity contribution in [1.29, 1.82) is 0 Å². The first-order valence-corrected chi connectivity index (χ1v) is 4.63. The summed E-state index contributed by atoms with van der Waals surface area (Å²) in [6.07, 6.45) is -1.02. The lowest BCUT2D eigenvalue weighted by atomic mass is 9.67. The lowest BCUT2D eigenvalue weighted by Gasteiger charge is -2.45. The zero-order valence-electron chi connectivity index (χ0n) is 8.40. The van der Waals surface area contributed by atoms with Crippen molar-refractivity contribution < 1.29 is 20.1 Å². The molecule has 0 amide bonds. The summed E-state index contributed by atoms with van der Waals surface area (Å²) in [5.74, 6) is -1.43. The Hall–Kier alpha value is -0.650. The van der Waals surface area contributed by atoms with Gasteiger partial charge < -0.3 is 21.1 Å². The molecular formula is C9H17NO4. The van der Waals surface area contributed by atoms with Gasteiger partial charge in [-0.2, -0.15) is 0 Å². The van der Waals surface area contributed by atoms with Crippen LogP contribution in [0.15, 0.2) is 0 Å². The van der Waals surface area contributed by atoms with E-state index < -0.39 is 23.2 Å². The first-order chi connectivity index (χ1) is 6.20. The van der Waals surface area contributed by atoms with E-state index in [2.05, 4.69) is 0 Å². The van der Waals surface area contributed by atoms with Crippen LogP contribution in [0.3, 0.4) is 0 Å². The summed E-state index contributed by atoms with van der Waals surface area (Å²) in [5.41, 5.74) is 2.71. The Morgan fingerprint density at radius 3 is 2.50 bits per heavy atom. The average molecular weight is 203 g/mol. The SMILES string of the molecule is CC1CC(O)C(N)(C(=O)O)CC1(C)O. The second-order valence-electron chi connectivity index (χ2n) is 4.53. The van der Waals surface area contributed by atoms with E-state index in [0.717, 1.165) is 0 Å². The molecular weight excluding hydrogens is 186 g/mol. The fraction of sp³-hybridized carbons (Fsp3) is 0.889. The van der Waals surface area contributed by atoms with Crippen LogP contribution in [0.1, 0.15) is 26.7 Å². The van der Waals surface area contributed by atoms with Gasteiger partial charge in [0.1, 0.15) is 5.54 Å². The molecule has 0 aromatic rings. The summed E-state index contributed by atoms with van der Waals surface area (Å²) in [6.45, 7) is 3.32. The number of aliphatic hydroxyl groups is 2. The quantitative estimate of drug-likeness (QED) is 0.451. The molecule has 1 saturated carbocycles. The number of nitrogens with two attached hydrogens (primary N) is 1. The second-order valence-corrected chi connectivity index (χ2v) is 4.53. The van der Waals surface area contributed by atoms with Gasteiger partial charge in [0.25, 0.3) is 0 Å². The molecule has 0 bridgehead atoms. The molecule has 0 saturated heterocycles. The van der Waals surface area contributed by atoms with Crippen LogP contribution >= 0.6 is 0 Å². The zero-order chi connectivity index (χ0) is 11.1. The highest BCUT2D eigenvalue weighted by Gasteiger charge is 2.53. The van der Waals surface area contributed by atoms with Gasteiger partial charge in [-0.25, -0.2) is 0 Å². The maximum Gasteiger partial charge on any atom is 0.326 e. The monoisotopic (exact) mass is 203 g/mol. The molecule has 0 radical (unpaired) electrons. The number of hydrogen-bond donors (Lipinski definition) is 4. The molecule has 5 nitrogen and oxygen atoms in total. The van der Waals surface area contributed by atoms with Gasteiger partial charge in [0.15, 0.2) is 0 Å². The minimum absolute atomic E-state index is 0.127. The Balaban J connectivity index is 2.96. The summed E-state index contributed by atoms with van der Waals surface area (Å²) in [6, 6.07) is 0. The van der Waals surface area contributed by atoms with Crippen LogP contribution in [0.2, 0.25) is 0 Å². The molecule has 5 heteroatoms. The molecule has 0 spiro atoms. The van der Waals surface area contributed by atoms with Gasteiger partial charge in [-0.15, -0.1) is 0 Å². The zero-order valence-corrected chi connectivity index (χ0v) is 8.40. The largest absolute Gasteiger partial charge is 0.480 e. The van der Waals surface area contributed by atoms with Gasteiger partial charge in [0, 0.05) is 6.42 Å². The molecule has 5 N–H and O–H groups in total. The van der Waals surface area contributed by atoms with Crippen molar-refractivity contribution in [3.05, 3.63) is 0 Å². The number of aliphatic carboxylic acids is 1. The predicted octanol–water partition coefficient (Wildman–Crippen LogP) is -0.690. The van der Waals surface area contributed by atoms with E-state index in [9.17, 15) is 15.0 Å². The van der Waals surface area contributed by atoms with Crippen molar-refractivity contribution in [2.75, 3.05) is 0 Å². The number of carbonyl (C=O) groups is 1. The molecule has 0 aromatic heterocycles. The van der Waals surface area contributed by atoms with Crippen LogP contribution in [-0.2, 0) is 4.79 Å². The van der Waals surface area contributed by atoms with Gasteiger partial charge in [-0.3, -0.25) is 4.79 Å². The Bertz CT molecular complexity index is 253. The van der Waals surface area contributed by atoms with Crippen molar-refractivity contribution in [2.45, 2.75) is 43.9 Å². The molecule has 1 fully saturated rings. The Labute approximate surface area is 82.5 Å². The van der Waals surface area contributed by atoms with Crippen molar-refractivity contribution in [2.24, 2.45) is 11.7 Å². The average Bonchev–Trinajstić information content (AvgIpc) is 2.00. The summed E-state index contributed by atoms with van der Waals surface area (Å²) in [7, 11) is 0. The van der Waals surface area contributed by atoms with Gasteiger partial charge in [0.05, 0.1) is 11.7 Å². The highest BCUT2D eigenvalue weighted by molar-refractivity contribution is 5.79. The van der Waals surface area contributed by atoms with E-state index >= 15 is 0 Å². The van der Waals surface area contributed by atoms with Gasteiger partial charge >= 0.3 is 5.97 Å². The summed E-state index contributed by atoms with van der Waals surface area (Å²) < 4.78 is 0. The van der Waals surface area contributed by atoms with Crippen LogP contribution in [-0.4, -0.2) is 38.5 Å².